The van der Waals surface area contributed by atoms with Gasteiger partial charge in [-0.25, -0.2) is 8.42 Å². The van der Waals surface area contributed by atoms with Crippen LogP contribution in [0.2, 0.25) is 0 Å². The van der Waals surface area contributed by atoms with Crippen molar-refractivity contribution in [3.63, 3.8) is 0 Å². The van der Waals surface area contributed by atoms with Crippen molar-refractivity contribution in [3.8, 4) is 17.2 Å². The third-order valence-electron chi connectivity index (χ3n) is 4.97. The summed E-state index contributed by atoms with van der Waals surface area (Å²) in [5, 5.41) is 0. The number of nitrogens with zero attached hydrogens (tertiary/aromatic N) is 2. The van der Waals surface area contributed by atoms with E-state index in [4.69, 9.17) is 14.2 Å². The highest BCUT2D eigenvalue weighted by Crippen LogP contribution is 2.38. The fourth-order valence-electron chi connectivity index (χ4n) is 3.30. The van der Waals surface area contributed by atoms with Gasteiger partial charge in [-0.2, -0.15) is 4.31 Å². The number of benzene rings is 1. The Bertz CT molecular complexity index is 1040. The van der Waals surface area contributed by atoms with E-state index in [2.05, 4.69) is 0 Å². The summed E-state index contributed by atoms with van der Waals surface area (Å²) in [5.74, 6) is 1.29. The average molecular weight is 467 g/mol. The second-order valence-corrected chi connectivity index (χ2v) is 10.3. The first-order valence-corrected chi connectivity index (χ1v) is 11.9. The molecule has 0 N–H and O–H groups in total. The van der Waals surface area contributed by atoms with Crippen molar-refractivity contribution in [2.45, 2.75) is 11.1 Å². The Labute approximate surface area is 186 Å². The van der Waals surface area contributed by atoms with Gasteiger partial charge in [-0.3, -0.25) is 4.79 Å². The van der Waals surface area contributed by atoms with Gasteiger partial charge < -0.3 is 19.1 Å². The Morgan fingerprint density at radius 2 is 1.61 bits per heavy atom. The standard InChI is InChI=1S/C21H26N2O6S2/c1-15-5-8-20(30-15)31(25,26)23-11-9-22(10-12-23)19(24)7-6-16-13-17(27-2)21(29-4)18(14-16)28-3/h5-8,13-14H,9-12H2,1-4H3/b7-6+. The van der Waals surface area contributed by atoms with Crippen molar-refractivity contribution in [1.29, 1.82) is 0 Å². The third kappa shape index (κ3) is 5.03. The van der Waals surface area contributed by atoms with Gasteiger partial charge in [0.05, 0.1) is 21.3 Å². The van der Waals surface area contributed by atoms with Crippen molar-refractivity contribution < 1.29 is 27.4 Å². The molecule has 10 heteroatoms. The quantitative estimate of drug-likeness (QED) is 0.583. The summed E-state index contributed by atoms with van der Waals surface area (Å²) in [6.07, 6.45) is 3.14. The van der Waals surface area contributed by atoms with Crippen LogP contribution in [0.5, 0.6) is 17.2 Å². The number of methoxy groups -OCH3 is 3. The molecule has 1 aromatic heterocycles. The lowest BCUT2D eigenvalue weighted by Crippen LogP contribution is -2.50. The Balaban J connectivity index is 1.66. The lowest BCUT2D eigenvalue weighted by molar-refractivity contribution is -0.127. The number of hydrogen-bond donors (Lipinski definition) is 0. The second-order valence-electron chi connectivity index (χ2n) is 6.89. The van der Waals surface area contributed by atoms with Gasteiger partial charge in [-0.15, -0.1) is 11.3 Å². The van der Waals surface area contributed by atoms with E-state index >= 15 is 0 Å². The number of carbonyl (C=O) groups excluding carboxylic acids is 1. The van der Waals surface area contributed by atoms with Crippen molar-refractivity contribution in [2.75, 3.05) is 47.5 Å². The van der Waals surface area contributed by atoms with Gasteiger partial charge in [0.1, 0.15) is 4.21 Å². The molecule has 1 aromatic carbocycles. The maximum absolute atomic E-state index is 12.7. The zero-order valence-electron chi connectivity index (χ0n) is 18.0. The zero-order chi connectivity index (χ0) is 22.6. The van der Waals surface area contributed by atoms with E-state index in [0.29, 0.717) is 34.5 Å². The SMILES string of the molecule is COc1cc(/C=C/C(=O)N2CCN(S(=O)(=O)c3ccc(C)s3)CC2)cc(OC)c1OC. The summed E-state index contributed by atoms with van der Waals surface area (Å²) in [6.45, 7) is 3.08. The first-order valence-electron chi connectivity index (χ1n) is 9.63. The lowest BCUT2D eigenvalue weighted by atomic mass is 10.1. The van der Waals surface area contributed by atoms with Crippen molar-refractivity contribution in [3.05, 3.63) is 40.8 Å². The van der Waals surface area contributed by atoms with Gasteiger partial charge in [0.25, 0.3) is 10.0 Å². The van der Waals surface area contributed by atoms with E-state index in [0.717, 1.165) is 10.4 Å². The molecule has 2 heterocycles. The van der Waals surface area contributed by atoms with Crippen LogP contribution < -0.4 is 14.2 Å². The van der Waals surface area contributed by atoms with Crippen LogP contribution in [0.4, 0.5) is 0 Å². The van der Waals surface area contributed by atoms with Crippen LogP contribution in [0.1, 0.15) is 10.4 Å². The summed E-state index contributed by atoms with van der Waals surface area (Å²) in [5.41, 5.74) is 0.720. The minimum Gasteiger partial charge on any atom is -0.493 e. The smallest absolute Gasteiger partial charge is 0.252 e. The molecule has 3 rings (SSSR count). The van der Waals surface area contributed by atoms with E-state index in [1.165, 1.54) is 43.0 Å². The summed E-state index contributed by atoms with van der Waals surface area (Å²) < 4.78 is 43.2. The van der Waals surface area contributed by atoms with Crippen LogP contribution in [-0.2, 0) is 14.8 Å². The normalized spacial score (nSPS) is 15.3. The molecular formula is C21H26N2O6S2. The number of aryl methyl sites for hydroxylation is 1. The lowest BCUT2D eigenvalue weighted by Gasteiger charge is -2.33. The van der Waals surface area contributed by atoms with Gasteiger partial charge in [0.15, 0.2) is 11.5 Å². The molecular weight excluding hydrogens is 440 g/mol. The molecule has 8 nitrogen and oxygen atoms in total. The monoisotopic (exact) mass is 466 g/mol. The highest BCUT2D eigenvalue weighted by molar-refractivity contribution is 7.91. The van der Waals surface area contributed by atoms with E-state index in [1.807, 2.05) is 6.92 Å². The van der Waals surface area contributed by atoms with E-state index in [1.54, 1.807) is 35.2 Å². The zero-order valence-corrected chi connectivity index (χ0v) is 19.6. The predicted octanol–water partition coefficient (Wildman–Crippen LogP) is 2.63. The Kier molecular flexibility index (Phi) is 7.24. The van der Waals surface area contributed by atoms with E-state index in [9.17, 15) is 13.2 Å². The van der Waals surface area contributed by atoms with Gasteiger partial charge in [0.2, 0.25) is 11.7 Å². The molecule has 0 radical (unpaired) electrons. The molecule has 1 aliphatic rings. The first kappa shape index (κ1) is 23.1. The largest absolute Gasteiger partial charge is 0.493 e. The molecule has 0 atom stereocenters. The van der Waals surface area contributed by atoms with Crippen molar-refractivity contribution in [1.82, 2.24) is 9.21 Å². The van der Waals surface area contributed by atoms with Crippen LogP contribution in [0.15, 0.2) is 34.6 Å². The minimum absolute atomic E-state index is 0.183. The predicted molar refractivity (Wildman–Crippen MR) is 120 cm³/mol. The maximum Gasteiger partial charge on any atom is 0.252 e. The second kappa shape index (κ2) is 9.71. The van der Waals surface area contributed by atoms with Crippen LogP contribution in [0.3, 0.4) is 0 Å². The highest BCUT2D eigenvalue weighted by Gasteiger charge is 2.30. The average Bonchev–Trinajstić information content (AvgIpc) is 3.23. The Morgan fingerprint density at radius 3 is 2.10 bits per heavy atom. The number of sulfonamides is 1. The van der Waals surface area contributed by atoms with Gasteiger partial charge >= 0.3 is 0 Å². The number of piperazine rings is 1. The van der Waals surface area contributed by atoms with E-state index in [-0.39, 0.29) is 19.0 Å². The molecule has 0 bridgehead atoms. The molecule has 0 aliphatic carbocycles. The molecule has 1 aliphatic heterocycles. The van der Waals surface area contributed by atoms with Crippen LogP contribution in [0.25, 0.3) is 6.08 Å². The van der Waals surface area contributed by atoms with Gasteiger partial charge in [-0.05, 0) is 42.8 Å². The molecule has 31 heavy (non-hydrogen) atoms. The summed E-state index contributed by atoms with van der Waals surface area (Å²) in [4.78, 5) is 15.2. The van der Waals surface area contributed by atoms with Gasteiger partial charge in [0, 0.05) is 37.1 Å². The molecule has 2 aromatic rings. The number of ether oxygens (including phenoxy) is 3. The van der Waals surface area contributed by atoms with Crippen LogP contribution in [-0.4, -0.2) is 71.0 Å². The highest BCUT2D eigenvalue weighted by atomic mass is 32.2. The van der Waals surface area contributed by atoms with E-state index < -0.39 is 10.0 Å². The minimum atomic E-state index is -3.51. The number of amides is 1. The summed E-state index contributed by atoms with van der Waals surface area (Å²) in [7, 11) is 1.07. The first-order chi connectivity index (χ1) is 14.8. The van der Waals surface area contributed by atoms with Crippen molar-refractivity contribution in [2.24, 2.45) is 0 Å². The molecule has 1 fully saturated rings. The fraction of sp³-hybridized carbons (Fsp3) is 0.381. The molecule has 0 spiro atoms. The third-order valence-corrected chi connectivity index (χ3v) is 8.33. The summed E-state index contributed by atoms with van der Waals surface area (Å²) in [6, 6.07) is 6.93. The number of thiophene rings is 1. The Morgan fingerprint density at radius 1 is 1.00 bits per heavy atom. The molecule has 168 valence electrons. The fourth-order valence-corrected chi connectivity index (χ4v) is 6.16. The molecule has 0 saturated carbocycles. The number of rotatable bonds is 7. The van der Waals surface area contributed by atoms with Crippen LogP contribution in [0, 0.1) is 6.92 Å². The maximum atomic E-state index is 12.7. The molecule has 0 unspecified atom stereocenters. The Hall–Kier alpha value is -2.56. The molecule has 1 amide bonds. The topological polar surface area (TPSA) is 85.4 Å². The van der Waals surface area contributed by atoms with Gasteiger partial charge in [-0.1, -0.05) is 0 Å². The van der Waals surface area contributed by atoms with Crippen molar-refractivity contribution >= 4 is 33.3 Å². The number of hydrogen-bond acceptors (Lipinski definition) is 7. The van der Waals surface area contributed by atoms with Crippen LogP contribution >= 0.6 is 11.3 Å². The molecule has 1 saturated heterocycles. The number of carbonyl (C=O) groups is 1. The summed E-state index contributed by atoms with van der Waals surface area (Å²) >= 11 is 1.26.